The average Bonchev–Trinajstić information content (AvgIpc) is 2.18. The van der Waals surface area contributed by atoms with Gasteiger partial charge in [-0.25, -0.2) is 0 Å². The Labute approximate surface area is 82.2 Å². The zero-order chi connectivity index (χ0) is 9.94. The summed E-state index contributed by atoms with van der Waals surface area (Å²) in [6.45, 7) is 2.23. The van der Waals surface area contributed by atoms with Crippen LogP contribution < -0.4 is 5.32 Å². The normalized spacial score (nSPS) is 8.85. The van der Waals surface area contributed by atoms with Crippen LogP contribution in [0.2, 0.25) is 0 Å². The van der Waals surface area contributed by atoms with Crippen LogP contribution in [-0.2, 0) is 6.42 Å². The molecule has 1 aromatic rings. The van der Waals surface area contributed by atoms with Gasteiger partial charge in [-0.05, 0) is 32.5 Å². The van der Waals surface area contributed by atoms with Crippen LogP contribution in [0.15, 0.2) is 30.3 Å². The van der Waals surface area contributed by atoms with Crippen molar-refractivity contribution in [1.82, 2.24) is 5.32 Å². The molecule has 0 saturated carbocycles. The Balaban J connectivity index is 0.000000424. The van der Waals surface area contributed by atoms with Gasteiger partial charge < -0.3 is 5.32 Å². The Morgan fingerprint density at radius 3 is 2.08 bits per heavy atom. The SMILES string of the molecule is CCCCc1ccccc1.CNC. The molecule has 1 nitrogen and oxygen atoms in total. The van der Waals surface area contributed by atoms with Crippen molar-refractivity contribution in [2.75, 3.05) is 14.1 Å². The molecule has 74 valence electrons. The summed E-state index contributed by atoms with van der Waals surface area (Å²) in [6, 6.07) is 10.6. The van der Waals surface area contributed by atoms with E-state index in [1.807, 2.05) is 14.1 Å². The predicted molar refractivity (Wildman–Crippen MR) is 60.0 cm³/mol. The van der Waals surface area contributed by atoms with Crippen LogP contribution in [0.3, 0.4) is 0 Å². The molecule has 1 rings (SSSR count). The summed E-state index contributed by atoms with van der Waals surface area (Å²) in [4.78, 5) is 0. The van der Waals surface area contributed by atoms with Crippen molar-refractivity contribution in [2.45, 2.75) is 26.2 Å². The smallest absolute Gasteiger partial charge is 0.0167 e. The molecule has 0 aromatic heterocycles. The highest BCUT2D eigenvalue weighted by Crippen LogP contribution is 2.03. The highest BCUT2D eigenvalue weighted by molar-refractivity contribution is 5.14. The maximum Gasteiger partial charge on any atom is -0.0167 e. The third kappa shape index (κ3) is 7.54. The van der Waals surface area contributed by atoms with Crippen LogP contribution in [0.4, 0.5) is 0 Å². The van der Waals surface area contributed by atoms with Crippen molar-refractivity contribution in [2.24, 2.45) is 0 Å². The lowest BCUT2D eigenvalue weighted by atomic mass is 10.1. The van der Waals surface area contributed by atoms with Crippen LogP contribution in [0.5, 0.6) is 0 Å². The van der Waals surface area contributed by atoms with E-state index in [9.17, 15) is 0 Å². The van der Waals surface area contributed by atoms with Crippen LogP contribution in [0.1, 0.15) is 25.3 Å². The molecule has 0 radical (unpaired) electrons. The molecule has 0 saturated heterocycles. The quantitative estimate of drug-likeness (QED) is 0.752. The molecule has 0 unspecified atom stereocenters. The summed E-state index contributed by atoms with van der Waals surface area (Å²) in [7, 11) is 3.75. The minimum Gasteiger partial charge on any atom is -0.323 e. The van der Waals surface area contributed by atoms with Crippen LogP contribution in [-0.4, -0.2) is 14.1 Å². The standard InChI is InChI=1S/C10H14.C2H7N/c1-2-3-7-10-8-5-4-6-9-10;1-3-2/h4-6,8-9H,2-3,7H2,1H3;3H,1-2H3. The molecule has 13 heavy (non-hydrogen) atoms. The number of rotatable bonds is 3. The first-order valence-electron chi connectivity index (χ1n) is 4.97. The second-order valence-corrected chi connectivity index (χ2v) is 3.09. The zero-order valence-corrected chi connectivity index (χ0v) is 9.01. The molecule has 1 N–H and O–H groups in total. The van der Waals surface area contributed by atoms with Gasteiger partial charge in [-0.1, -0.05) is 43.7 Å². The molecule has 0 spiro atoms. The molecule has 1 aromatic carbocycles. The predicted octanol–water partition coefficient (Wildman–Crippen LogP) is 2.86. The fourth-order valence-electron chi connectivity index (χ4n) is 1.03. The van der Waals surface area contributed by atoms with Crippen molar-refractivity contribution in [3.63, 3.8) is 0 Å². The molecule has 0 aliphatic carbocycles. The first-order chi connectivity index (χ1) is 6.35. The van der Waals surface area contributed by atoms with E-state index in [0.717, 1.165) is 0 Å². The summed E-state index contributed by atoms with van der Waals surface area (Å²) in [6.07, 6.45) is 3.83. The maximum atomic E-state index is 2.75. The molecular formula is C12H21N. The van der Waals surface area contributed by atoms with Crippen LogP contribution in [0.25, 0.3) is 0 Å². The van der Waals surface area contributed by atoms with Gasteiger partial charge in [0.15, 0.2) is 0 Å². The lowest BCUT2D eigenvalue weighted by Gasteiger charge is -1.96. The summed E-state index contributed by atoms with van der Waals surface area (Å²) < 4.78 is 0. The summed E-state index contributed by atoms with van der Waals surface area (Å²) in [5.74, 6) is 0. The lowest BCUT2D eigenvalue weighted by molar-refractivity contribution is 0.795. The van der Waals surface area contributed by atoms with E-state index in [-0.39, 0.29) is 0 Å². The number of unbranched alkanes of at least 4 members (excludes halogenated alkanes) is 1. The second-order valence-electron chi connectivity index (χ2n) is 3.09. The highest BCUT2D eigenvalue weighted by Gasteiger charge is 1.87. The van der Waals surface area contributed by atoms with Gasteiger partial charge in [0.2, 0.25) is 0 Å². The Kier molecular flexibility index (Phi) is 8.68. The summed E-state index contributed by atoms with van der Waals surface area (Å²) in [5.41, 5.74) is 1.46. The van der Waals surface area contributed by atoms with Crippen LogP contribution >= 0.6 is 0 Å². The summed E-state index contributed by atoms with van der Waals surface area (Å²) in [5, 5.41) is 2.75. The molecule has 0 aliphatic rings. The Hall–Kier alpha value is -0.820. The Bertz CT molecular complexity index is 182. The van der Waals surface area contributed by atoms with Gasteiger partial charge in [0.1, 0.15) is 0 Å². The van der Waals surface area contributed by atoms with Gasteiger partial charge >= 0.3 is 0 Å². The monoisotopic (exact) mass is 179 g/mol. The minimum absolute atomic E-state index is 1.23. The van der Waals surface area contributed by atoms with E-state index >= 15 is 0 Å². The molecule has 0 heterocycles. The number of hydrogen-bond donors (Lipinski definition) is 1. The van der Waals surface area contributed by atoms with E-state index in [1.165, 1.54) is 24.8 Å². The van der Waals surface area contributed by atoms with Gasteiger partial charge in [0.05, 0.1) is 0 Å². The fourth-order valence-corrected chi connectivity index (χ4v) is 1.03. The van der Waals surface area contributed by atoms with E-state index in [0.29, 0.717) is 0 Å². The van der Waals surface area contributed by atoms with Crippen molar-refractivity contribution in [1.29, 1.82) is 0 Å². The van der Waals surface area contributed by atoms with Gasteiger partial charge in [-0.2, -0.15) is 0 Å². The Morgan fingerprint density at radius 2 is 1.62 bits per heavy atom. The van der Waals surface area contributed by atoms with Gasteiger partial charge in [-0.3, -0.25) is 0 Å². The van der Waals surface area contributed by atoms with Crippen LogP contribution in [0, 0.1) is 0 Å². The van der Waals surface area contributed by atoms with Crippen molar-refractivity contribution in [3.8, 4) is 0 Å². The highest BCUT2D eigenvalue weighted by atomic mass is 14.7. The van der Waals surface area contributed by atoms with Gasteiger partial charge in [-0.15, -0.1) is 0 Å². The molecule has 0 amide bonds. The van der Waals surface area contributed by atoms with Gasteiger partial charge in [0.25, 0.3) is 0 Å². The number of nitrogens with one attached hydrogen (secondary N) is 1. The van der Waals surface area contributed by atoms with E-state index in [4.69, 9.17) is 0 Å². The zero-order valence-electron chi connectivity index (χ0n) is 9.01. The first-order valence-corrected chi connectivity index (χ1v) is 4.97. The minimum atomic E-state index is 1.23. The van der Waals surface area contributed by atoms with Crippen molar-refractivity contribution in [3.05, 3.63) is 35.9 Å². The second kappa shape index (κ2) is 9.27. The number of benzene rings is 1. The largest absolute Gasteiger partial charge is 0.323 e. The van der Waals surface area contributed by atoms with Gasteiger partial charge in [0, 0.05) is 0 Å². The summed E-state index contributed by atoms with van der Waals surface area (Å²) >= 11 is 0. The molecule has 1 heteroatoms. The molecule has 0 aliphatic heterocycles. The third-order valence-corrected chi connectivity index (χ3v) is 1.66. The topological polar surface area (TPSA) is 12.0 Å². The maximum absolute atomic E-state index is 2.75. The molecule has 0 atom stereocenters. The lowest BCUT2D eigenvalue weighted by Crippen LogP contribution is -1.89. The number of hydrogen-bond acceptors (Lipinski definition) is 1. The van der Waals surface area contributed by atoms with E-state index < -0.39 is 0 Å². The average molecular weight is 179 g/mol. The molecular weight excluding hydrogens is 158 g/mol. The Morgan fingerprint density at radius 1 is 1.08 bits per heavy atom. The first kappa shape index (κ1) is 12.2. The fraction of sp³-hybridized carbons (Fsp3) is 0.500. The molecule has 0 fully saturated rings. The van der Waals surface area contributed by atoms with E-state index in [1.54, 1.807) is 0 Å². The van der Waals surface area contributed by atoms with Crippen molar-refractivity contribution >= 4 is 0 Å². The van der Waals surface area contributed by atoms with E-state index in [2.05, 4.69) is 42.6 Å². The number of aryl methyl sites for hydroxylation is 1. The molecule has 0 bridgehead atoms. The third-order valence-electron chi connectivity index (χ3n) is 1.66. The van der Waals surface area contributed by atoms with Crippen molar-refractivity contribution < 1.29 is 0 Å².